The van der Waals surface area contributed by atoms with E-state index in [1.807, 2.05) is 12.1 Å². The first kappa shape index (κ1) is 12.7. The van der Waals surface area contributed by atoms with E-state index in [0.717, 1.165) is 11.4 Å². The molecule has 0 fully saturated rings. The first-order chi connectivity index (χ1) is 8.81. The molecule has 0 aliphatic heterocycles. The van der Waals surface area contributed by atoms with Crippen LogP contribution in [0.5, 0.6) is 0 Å². The Hall–Kier alpha value is -1.79. The molecule has 2 aromatic heterocycles. The van der Waals surface area contributed by atoms with E-state index in [-0.39, 0.29) is 0 Å². The van der Waals surface area contributed by atoms with Gasteiger partial charge in [0, 0.05) is 31.5 Å². The Bertz CT molecular complexity index is 471. The maximum absolute atomic E-state index is 5.09. The SMILES string of the molecule is COCC(C)NCc1cccnc1-n1cncn1. The summed E-state index contributed by atoms with van der Waals surface area (Å²) in [5, 5.41) is 7.48. The number of pyridine rings is 1. The number of nitrogens with one attached hydrogen (secondary N) is 1. The molecule has 1 unspecified atom stereocenters. The molecule has 2 heterocycles. The van der Waals surface area contributed by atoms with Crippen molar-refractivity contribution in [3.8, 4) is 5.82 Å². The highest BCUT2D eigenvalue weighted by Gasteiger charge is 2.07. The number of methoxy groups -OCH3 is 1. The van der Waals surface area contributed by atoms with Crippen LogP contribution in [-0.2, 0) is 11.3 Å². The van der Waals surface area contributed by atoms with Crippen molar-refractivity contribution < 1.29 is 4.74 Å². The van der Waals surface area contributed by atoms with Gasteiger partial charge in [0.25, 0.3) is 0 Å². The molecule has 0 radical (unpaired) electrons. The van der Waals surface area contributed by atoms with Gasteiger partial charge in [0.1, 0.15) is 12.7 Å². The smallest absolute Gasteiger partial charge is 0.159 e. The van der Waals surface area contributed by atoms with Gasteiger partial charge < -0.3 is 10.1 Å². The van der Waals surface area contributed by atoms with Gasteiger partial charge in [-0.2, -0.15) is 5.10 Å². The number of aromatic nitrogens is 4. The lowest BCUT2D eigenvalue weighted by atomic mass is 10.2. The second kappa shape index (κ2) is 6.23. The number of rotatable bonds is 6. The van der Waals surface area contributed by atoms with Crippen molar-refractivity contribution in [2.75, 3.05) is 13.7 Å². The fourth-order valence-electron chi connectivity index (χ4n) is 1.69. The largest absolute Gasteiger partial charge is 0.383 e. The molecule has 1 atom stereocenters. The third-order valence-electron chi connectivity index (χ3n) is 2.56. The molecule has 0 spiro atoms. The molecule has 2 rings (SSSR count). The van der Waals surface area contributed by atoms with Gasteiger partial charge in [0.05, 0.1) is 6.61 Å². The van der Waals surface area contributed by atoms with Crippen molar-refractivity contribution in [3.63, 3.8) is 0 Å². The minimum absolute atomic E-state index is 0.291. The van der Waals surface area contributed by atoms with Crippen LogP contribution in [0.3, 0.4) is 0 Å². The summed E-state index contributed by atoms with van der Waals surface area (Å²) in [7, 11) is 1.70. The van der Waals surface area contributed by atoms with E-state index >= 15 is 0 Å². The summed E-state index contributed by atoms with van der Waals surface area (Å²) in [6.07, 6.45) is 4.89. The summed E-state index contributed by atoms with van der Waals surface area (Å²) >= 11 is 0. The Kier molecular flexibility index (Phi) is 4.38. The summed E-state index contributed by atoms with van der Waals surface area (Å²) in [5.74, 6) is 0.798. The average Bonchev–Trinajstić information content (AvgIpc) is 2.91. The number of nitrogens with zero attached hydrogens (tertiary/aromatic N) is 4. The molecule has 0 aliphatic rings. The van der Waals surface area contributed by atoms with E-state index in [1.165, 1.54) is 6.33 Å². The monoisotopic (exact) mass is 247 g/mol. The maximum Gasteiger partial charge on any atom is 0.159 e. The van der Waals surface area contributed by atoms with Crippen LogP contribution in [0.25, 0.3) is 5.82 Å². The van der Waals surface area contributed by atoms with Gasteiger partial charge in [0.2, 0.25) is 0 Å². The summed E-state index contributed by atoms with van der Waals surface area (Å²) in [6, 6.07) is 4.23. The van der Waals surface area contributed by atoms with Crippen LogP contribution in [0.2, 0.25) is 0 Å². The number of hydrogen-bond donors (Lipinski definition) is 1. The Labute approximate surface area is 106 Å². The first-order valence-corrected chi connectivity index (χ1v) is 5.82. The fraction of sp³-hybridized carbons (Fsp3) is 0.417. The Morgan fingerprint density at radius 3 is 3.11 bits per heavy atom. The van der Waals surface area contributed by atoms with Gasteiger partial charge in [-0.05, 0) is 13.0 Å². The number of ether oxygens (including phenoxy) is 1. The Morgan fingerprint density at radius 1 is 1.50 bits per heavy atom. The third-order valence-corrected chi connectivity index (χ3v) is 2.56. The van der Waals surface area contributed by atoms with Gasteiger partial charge >= 0.3 is 0 Å². The molecule has 18 heavy (non-hydrogen) atoms. The zero-order chi connectivity index (χ0) is 12.8. The second-order valence-corrected chi connectivity index (χ2v) is 4.06. The van der Waals surface area contributed by atoms with Crippen molar-refractivity contribution in [1.82, 2.24) is 25.1 Å². The highest BCUT2D eigenvalue weighted by atomic mass is 16.5. The van der Waals surface area contributed by atoms with E-state index in [2.05, 4.69) is 27.3 Å². The molecule has 6 nitrogen and oxygen atoms in total. The zero-order valence-corrected chi connectivity index (χ0v) is 10.6. The summed E-state index contributed by atoms with van der Waals surface area (Å²) in [5.41, 5.74) is 1.07. The molecule has 96 valence electrons. The maximum atomic E-state index is 5.09. The van der Waals surface area contributed by atoms with E-state index < -0.39 is 0 Å². The summed E-state index contributed by atoms with van der Waals surface area (Å²) in [6.45, 7) is 3.47. The van der Waals surface area contributed by atoms with E-state index in [4.69, 9.17) is 4.74 Å². The molecule has 0 bridgehead atoms. The van der Waals surface area contributed by atoms with Crippen LogP contribution in [-0.4, -0.2) is 39.5 Å². The lowest BCUT2D eigenvalue weighted by molar-refractivity contribution is 0.171. The van der Waals surface area contributed by atoms with Crippen molar-refractivity contribution >= 4 is 0 Å². The van der Waals surface area contributed by atoms with Crippen LogP contribution in [0.4, 0.5) is 0 Å². The lowest BCUT2D eigenvalue weighted by Crippen LogP contribution is -2.30. The van der Waals surface area contributed by atoms with Crippen molar-refractivity contribution in [2.24, 2.45) is 0 Å². The normalized spacial score (nSPS) is 12.6. The number of hydrogen-bond acceptors (Lipinski definition) is 5. The van der Waals surface area contributed by atoms with Crippen LogP contribution >= 0.6 is 0 Å². The zero-order valence-electron chi connectivity index (χ0n) is 10.6. The van der Waals surface area contributed by atoms with Gasteiger partial charge in [-0.1, -0.05) is 6.07 Å². The third kappa shape index (κ3) is 3.12. The molecule has 6 heteroatoms. The van der Waals surface area contributed by atoms with Gasteiger partial charge in [-0.25, -0.2) is 14.6 Å². The van der Waals surface area contributed by atoms with E-state index in [9.17, 15) is 0 Å². The Balaban J connectivity index is 2.09. The standard InChI is InChI=1S/C12H17N5O/c1-10(7-18-2)15-6-11-4-3-5-14-12(11)17-9-13-8-16-17/h3-5,8-10,15H,6-7H2,1-2H3. The Morgan fingerprint density at radius 2 is 2.39 bits per heavy atom. The molecular formula is C12H17N5O. The quantitative estimate of drug-likeness (QED) is 0.817. The van der Waals surface area contributed by atoms with Crippen LogP contribution in [0.1, 0.15) is 12.5 Å². The highest BCUT2D eigenvalue weighted by molar-refractivity contribution is 5.31. The molecule has 0 aromatic carbocycles. The summed E-state index contributed by atoms with van der Waals surface area (Å²) < 4.78 is 6.75. The van der Waals surface area contributed by atoms with Crippen LogP contribution in [0, 0.1) is 0 Å². The van der Waals surface area contributed by atoms with Gasteiger partial charge in [-0.15, -0.1) is 0 Å². The van der Waals surface area contributed by atoms with Crippen LogP contribution in [0.15, 0.2) is 31.0 Å². The van der Waals surface area contributed by atoms with Gasteiger partial charge in [0.15, 0.2) is 5.82 Å². The molecule has 2 aromatic rings. The van der Waals surface area contributed by atoms with Crippen LogP contribution < -0.4 is 5.32 Å². The fourth-order valence-corrected chi connectivity index (χ4v) is 1.69. The molecule has 0 amide bonds. The van der Waals surface area contributed by atoms with Gasteiger partial charge in [-0.3, -0.25) is 0 Å². The van der Waals surface area contributed by atoms with Crippen molar-refractivity contribution in [3.05, 3.63) is 36.5 Å². The topological polar surface area (TPSA) is 64.9 Å². The minimum Gasteiger partial charge on any atom is -0.383 e. The van der Waals surface area contributed by atoms with Crippen molar-refractivity contribution in [2.45, 2.75) is 19.5 Å². The first-order valence-electron chi connectivity index (χ1n) is 5.82. The second-order valence-electron chi connectivity index (χ2n) is 4.06. The van der Waals surface area contributed by atoms with E-state index in [0.29, 0.717) is 19.2 Å². The average molecular weight is 247 g/mol. The molecule has 0 saturated heterocycles. The molecule has 0 aliphatic carbocycles. The highest BCUT2D eigenvalue weighted by Crippen LogP contribution is 2.09. The molecule has 0 saturated carbocycles. The summed E-state index contributed by atoms with van der Waals surface area (Å²) in [4.78, 5) is 8.27. The lowest BCUT2D eigenvalue weighted by Gasteiger charge is -2.14. The van der Waals surface area contributed by atoms with Crippen molar-refractivity contribution in [1.29, 1.82) is 0 Å². The van der Waals surface area contributed by atoms with E-state index in [1.54, 1.807) is 24.3 Å². The molecular weight excluding hydrogens is 230 g/mol. The predicted octanol–water partition coefficient (Wildman–Crippen LogP) is 0.787. The predicted molar refractivity (Wildman–Crippen MR) is 67.3 cm³/mol. The minimum atomic E-state index is 0.291. The molecule has 1 N–H and O–H groups in total.